The summed E-state index contributed by atoms with van der Waals surface area (Å²) in [5.74, 6) is 0.330. The number of anilines is 2. The molecule has 2 N–H and O–H groups in total. The lowest BCUT2D eigenvalue weighted by Gasteiger charge is -2.36. The quantitative estimate of drug-likeness (QED) is 0.754. The summed E-state index contributed by atoms with van der Waals surface area (Å²) in [5.41, 5.74) is 3.79. The van der Waals surface area contributed by atoms with Crippen molar-refractivity contribution >= 4 is 11.4 Å². The molecule has 1 saturated heterocycles. The zero-order chi connectivity index (χ0) is 20.8. The minimum Gasteiger partial charge on any atom is -0.392 e. The van der Waals surface area contributed by atoms with Crippen LogP contribution < -0.4 is 15.6 Å². The van der Waals surface area contributed by atoms with Crippen LogP contribution in [0.25, 0.3) is 0 Å². The fourth-order valence-electron chi connectivity index (χ4n) is 3.64. The van der Waals surface area contributed by atoms with Crippen LogP contribution in [0.4, 0.5) is 11.4 Å². The summed E-state index contributed by atoms with van der Waals surface area (Å²) in [4.78, 5) is 17.9. The van der Waals surface area contributed by atoms with E-state index in [4.69, 9.17) is 0 Å². The number of nitrogens with one attached hydrogen (secondary N) is 1. The Labute approximate surface area is 174 Å². The van der Waals surface area contributed by atoms with E-state index >= 15 is 0 Å². The van der Waals surface area contributed by atoms with Crippen LogP contribution in [-0.2, 0) is 6.54 Å². The molecule has 0 aliphatic carbocycles. The van der Waals surface area contributed by atoms with Crippen molar-refractivity contribution in [2.24, 2.45) is 0 Å². The standard InChI is InChI=1S/C24H33N3O2/c1-18(2)20-9-10-21(24(29)23(15-20)25-16-19(3)28)17-26-11-13-27(14-12-26)22-7-5-4-6-8-22/h4-10,15,18-19,28H,11-14,16-17H2,1-3H3,(H,25,29). The summed E-state index contributed by atoms with van der Waals surface area (Å²) in [5, 5.41) is 12.8. The number of nitrogens with zero attached hydrogens (tertiary/aromatic N) is 2. The van der Waals surface area contributed by atoms with Crippen molar-refractivity contribution in [2.75, 3.05) is 42.9 Å². The molecule has 1 aliphatic rings. The predicted octanol–water partition coefficient (Wildman–Crippen LogP) is 3.29. The first-order valence-electron chi connectivity index (χ1n) is 10.6. The van der Waals surface area contributed by atoms with Crippen LogP contribution in [0.3, 0.4) is 0 Å². The summed E-state index contributed by atoms with van der Waals surface area (Å²) in [7, 11) is 0. The van der Waals surface area contributed by atoms with Gasteiger partial charge in [0, 0.05) is 50.5 Å². The van der Waals surface area contributed by atoms with Crippen molar-refractivity contribution in [1.29, 1.82) is 0 Å². The van der Waals surface area contributed by atoms with Crippen molar-refractivity contribution in [3.8, 4) is 0 Å². The van der Waals surface area contributed by atoms with Crippen LogP contribution in [0.1, 0.15) is 37.8 Å². The molecule has 0 aromatic heterocycles. The van der Waals surface area contributed by atoms with E-state index in [1.807, 2.05) is 18.2 Å². The highest BCUT2D eigenvalue weighted by Gasteiger charge is 2.18. The lowest BCUT2D eigenvalue weighted by molar-refractivity contribution is 0.208. The highest BCUT2D eigenvalue weighted by atomic mass is 16.3. The van der Waals surface area contributed by atoms with Gasteiger partial charge in [-0.05, 0) is 36.6 Å². The SMILES string of the molecule is CC(O)CNc1cc(C(C)C)ccc(CN2CCN(c3ccccc3)CC2)c1=O. The molecule has 0 radical (unpaired) electrons. The number of rotatable bonds is 7. The molecule has 0 bridgehead atoms. The van der Waals surface area contributed by atoms with Crippen molar-refractivity contribution < 1.29 is 5.11 Å². The van der Waals surface area contributed by atoms with Gasteiger partial charge in [0.15, 0.2) is 0 Å². The molecule has 3 rings (SSSR count). The Balaban J connectivity index is 1.74. The molecule has 0 amide bonds. The zero-order valence-corrected chi connectivity index (χ0v) is 17.8. The highest BCUT2D eigenvalue weighted by Crippen LogP contribution is 2.19. The maximum Gasteiger partial charge on any atom is 0.206 e. The fraction of sp³-hybridized carbons (Fsp3) is 0.458. The van der Waals surface area contributed by atoms with Crippen LogP contribution in [-0.4, -0.2) is 48.8 Å². The van der Waals surface area contributed by atoms with Gasteiger partial charge in [-0.2, -0.15) is 0 Å². The predicted molar refractivity (Wildman–Crippen MR) is 121 cm³/mol. The number of aliphatic hydroxyl groups is 1. The molecule has 156 valence electrons. The number of para-hydroxylation sites is 1. The molecule has 5 heteroatoms. The molecule has 1 heterocycles. The monoisotopic (exact) mass is 395 g/mol. The van der Waals surface area contributed by atoms with Crippen LogP contribution in [0, 0.1) is 0 Å². The van der Waals surface area contributed by atoms with E-state index in [-0.39, 0.29) is 5.43 Å². The van der Waals surface area contributed by atoms with Gasteiger partial charge in [0.1, 0.15) is 0 Å². The zero-order valence-electron chi connectivity index (χ0n) is 17.8. The average Bonchev–Trinajstić information content (AvgIpc) is 2.87. The summed E-state index contributed by atoms with van der Waals surface area (Å²) < 4.78 is 0. The van der Waals surface area contributed by atoms with Gasteiger partial charge in [-0.1, -0.05) is 44.2 Å². The smallest absolute Gasteiger partial charge is 0.206 e. The Morgan fingerprint density at radius 1 is 1.00 bits per heavy atom. The molecule has 5 nitrogen and oxygen atoms in total. The fourth-order valence-corrected chi connectivity index (χ4v) is 3.64. The van der Waals surface area contributed by atoms with Crippen molar-refractivity contribution in [2.45, 2.75) is 39.3 Å². The van der Waals surface area contributed by atoms with Crippen LogP contribution in [0.2, 0.25) is 0 Å². The van der Waals surface area contributed by atoms with Crippen LogP contribution in [0.15, 0.2) is 53.3 Å². The van der Waals surface area contributed by atoms with Gasteiger partial charge in [-0.15, -0.1) is 0 Å². The minimum absolute atomic E-state index is 0.0306. The Morgan fingerprint density at radius 2 is 1.69 bits per heavy atom. The van der Waals surface area contributed by atoms with E-state index in [0.717, 1.165) is 37.3 Å². The Bertz CT molecular complexity index is 844. The lowest BCUT2D eigenvalue weighted by atomic mass is 10.1. The highest BCUT2D eigenvalue weighted by molar-refractivity contribution is 5.48. The first-order chi connectivity index (χ1) is 13.9. The Kier molecular flexibility index (Phi) is 7.29. The Morgan fingerprint density at radius 3 is 2.31 bits per heavy atom. The molecular weight excluding hydrogens is 362 g/mol. The molecule has 2 aromatic carbocycles. The van der Waals surface area contributed by atoms with E-state index in [9.17, 15) is 9.90 Å². The van der Waals surface area contributed by atoms with E-state index in [1.165, 1.54) is 5.69 Å². The summed E-state index contributed by atoms with van der Waals surface area (Å²) >= 11 is 0. The van der Waals surface area contributed by atoms with Crippen molar-refractivity contribution in [3.05, 3.63) is 69.9 Å². The molecule has 0 spiro atoms. The summed E-state index contributed by atoms with van der Waals surface area (Å²) in [6, 6.07) is 16.5. The Hall–Kier alpha value is -2.37. The number of benzene rings is 1. The molecule has 0 saturated carbocycles. The first kappa shape index (κ1) is 21.3. The van der Waals surface area contributed by atoms with E-state index in [0.29, 0.717) is 24.7 Å². The van der Waals surface area contributed by atoms with Gasteiger partial charge in [0.05, 0.1) is 11.8 Å². The van der Waals surface area contributed by atoms with Gasteiger partial charge < -0.3 is 15.3 Å². The molecule has 1 atom stereocenters. The minimum atomic E-state index is -0.503. The normalized spacial score (nSPS) is 16.1. The van der Waals surface area contributed by atoms with Gasteiger partial charge in [-0.25, -0.2) is 0 Å². The van der Waals surface area contributed by atoms with Gasteiger partial charge in [0.25, 0.3) is 0 Å². The molecule has 29 heavy (non-hydrogen) atoms. The number of aliphatic hydroxyl groups excluding tert-OH is 1. The maximum absolute atomic E-state index is 13.1. The van der Waals surface area contributed by atoms with E-state index < -0.39 is 6.10 Å². The summed E-state index contributed by atoms with van der Waals surface area (Å²) in [6.45, 7) is 10.8. The number of hydrogen-bond donors (Lipinski definition) is 2. The van der Waals surface area contributed by atoms with E-state index in [1.54, 1.807) is 6.92 Å². The molecule has 1 fully saturated rings. The largest absolute Gasteiger partial charge is 0.392 e. The maximum atomic E-state index is 13.1. The van der Waals surface area contributed by atoms with E-state index in [2.05, 4.69) is 59.3 Å². The third kappa shape index (κ3) is 5.81. The van der Waals surface area contributed by atoms with Gasteiger partial charge in [-0.3, -0.25) is 9.69 Å². The number of piperazine rings is 1. The van der Waals surface area contributed by atoms with Crippen molar-refractivity contribution in [3.63, 3.8) is 0 Å². The van der Waals surface area contributed by atoms with Crippen LogP contribution in [0.5, 0.6) is 0 Å². The molecule has 2 aromatic rings. The van der Waals surface area contributed by atoms with Gasteiger partial charge >= 0.3 is 0 Å². The third-order valence-electron chi connectivity index (χ3n) is 5.47. The lowest BCUT2D eigenvalue weighted by Crippen LogP contribution is -2.46. The van der Waals surface area contributed by atoms with Gasteiger partial charge in [0.2, 0.25) is 5.43 Å². The molecular formula is C24H33N3O2. The topological polar surface area (TPSA) is 55.8 Å². The van der Waals surface area contributed by atoms with Crippen LogP contribution >= 0.6 is 0 Å². The number of hydrogen-bond acceptors (Lipinski definition) is 5. The second-order valence-corrected chi connectivity index (χ2v) is 8.23. The molecule has 1 aliphatic heterocycles. The second kappa shape index (κ2) is 9.90. The third-order valence-corrected chi connectivity index (χ3v) is 5.47. The molecule has 1 unspecified atom stereocenters. The second-order valence-electron chi connectivity index (χ2n) is 8.23. The average molecular weight is 396 g/mol. The first-order valence-corrected chi connectivity index (χ1v) is 10.6. The summed E-state index contributed by atoms with van der Waals surface area (Å²) in [6.07, 6.45) is -0.503. The van der Waals surface area contributed by atoms with Crippen molar-refractivity contribution in [1.82, 2.24) is 4.90 Å².